The summed E-state index contributed by atoms with van der Waals surface area (Å²) in [6, 6.07) is 8.52. The molecule has 1 aliphatic heterocycles. The molecule has 0 bridgehead atoms. The van der Waals surface area contributed by atoms with Crippen LogP contribution >= 0.6 is 0 Å². The van der Waals surface area contributed by atoms with Crippen LogP contribution in [0.3, 0.4) is 0 Å². The standard InChI is InChI=1S/C17H24N2O2/c1-11(2)19-6-7-20-16(10-19)17(18)15-9-13-8-12(3)4-5-14(13)21-15/h4-5,8-9,11,16-17H,6-7,10,18H2,1-3H3. The van der Waals surface area contributed by atoms with Crippen LogP contribution in [0.4, 0.5) is 0 Å². The van der Waals surface area contributed by atoms with Gasteiger partial charge in [0.25, 0.3) is 0 Å². The molecule has 0 amide bonds. The van der Waals surface area contributed by atoms with Crippen LogP contribution in [0.2, 0.25) is 0 Å². The van der Waals surface area contributed by atoms with Gasteiger partial charge in [0.15, 0.2) is 0 Å². The molecule has 2 unspecified atom stereocenters. The molecule has 1 aromatic carbocycles. The summed E-state index contributed by atoms with van der Waals surface area (Å²) >= 11 is 0. The molecule has 0 radical (unpaired) electrons. The number of hydrogen-bond acceptors (Lipinski definition) is 4. The third-order valence-corrected chi connectivity index (χ3v) is 4.28. The van der Waals surface area contributed by atoms with E-state index in [9.17, 15) is 0 Å². The van der Waals surface area contributed by atoms with Crippen molar-refractivity contribution in [2.45, 2.75) is 39.0 Å². The van der Waals surface area contributed by atoms with Crippen LogP contribution in [-0.4, -0.2) is 36.7 Å². The minimum Gasteiger partial charge on any atom is -0.459 e. The van der Waals surface area contributed by atoms with Crippen molar-refractivity contribution in [1.82, 2.24) is 4.90 Å². The van der Waals surface area contributed by atoms with Gasteiger partial charge >= 0.3 is 0 Å². The summed E-state index contributed by atoms with van der Waals surface area (Å²) in [4.78, 5) is 2.40. The lowest BCUT2D eigenvalue weighted by Crippen LogP contribution is -2.49. The van der Waals surface area contributed by atoms with Crippen LogP contribution in [-0.2, 0) is 4.74 Å². The smallest absolute Gasteiger partial charge is 0.134 e. The van der Waals surface area contributed by atoms with Gasteiger partial charge in [0.2, 0.25) is 0 Å². The lowest BCUT2D eigenvalue weighted by Gasteiger charge is -2.37. The molecule has 21 heavy (non-hydrogen) atoms. The van der Waals surface area contributed by atoms with Gasteiger partial charge in [-0.05, 0) is 39.0 Å². The number of rotatable bonds is 3. The van der Waals surface area contributed by atoms with Gasteiger partial charge in [-0.25, -0.2) is 0 Å². The molecule has 1 saturated heterocycles. The van der Waals surface area contributed by atoms with E-state index in [0.717, 1.165) is 36.4 Å². The molecular formula is C17H24N2O2. The van der Waals surface area contributed by atoms with Crippen molar-refractivity contribution < 1.29 is 9.15 Å². The Bertz CT molecular complexity index is 620. The second-order valence-electron chi connectivity index (χ2n) is 6.21. The van der Waals surface area contributed by atoms with E-state index >= 15 is 0 Å². The molecule has 0 spiro atoms. The molecule has 4 heteroatoms. The van der Waals surface area contributed by atoms with Crippen molar-refractivity contribution in [3.63, 3.8) is 0 Å². The summed E-state index contributed by atoms with van der Waals surface area (Å²) in [6.45, 7) is 9.05. The highest BCUT2D eigenvalue weighted by molar-refractivity contribution is 5.78. The van der Waals surface area contributed by atoms with Gasteiger partial charge in [-0.2, -0.15) is 0 Å². The van der Waals surface area contributed by atoms with Crippen LogP contribution in [0.25, 0.3) is 11.0 Å². The van der Waals surface area contributed by atoms with Crippen molar-refractivity contribution in [2.24, 2.45) is 5.73 Å². The SMILES string of the molecule is Cc1ccc2oc(C(N)C3CN(C(C)C)CCO3)cc2c1. The summed E-state index contributed by atoms with van der Waals surface area (Å²) in [5.74, 6) is 0.811. The summed E-state index contributed by atoms with van der Waals surface area (Å²) in [7, 11) is 0. The van der Waals surface area contributed by atoms with E-state index in [4.69, 9.17) is 14.9 Å². The molecule has 2 N–H and O–H groups in total. The highest BCUT2D eigenvalue weighted by Gasteiger charge is 2.29. The zero-order valence-corrected chi connectivity index (χ0v) is 13.0. The molecule has 2 atom stereocenters. The second kappa shape index (κ2) is 5.79. The maximum absolute atomic E-state index is 6.39. The summed E-state index contributed by atoms with van der Waals surface area (Å²) in [6.07, 6.45) is -0.0113. The van der Waals surface area contributed by atoms with Crippen molar-refractivity contribution in [3.05, 3.63) is 35.6 Å². The average Bonchev–Trinajstić information content (AvgIpc) is 2.89. The fraction of sp³-hybridized carbons (Fsp3) is 0.529. The van der Waals surface area contributed by atoms with Gasteiger partial charge in [-0.15, -0.1) is 0 Å². The fourth-order valence-corrected chi connectivity index (χ4v) is 2.91. The highest BCUT2D eigenvalue weighted by Crippen LogP contribution is 2.27. The van der Waals surface area contributed by atoms with Crippen LogP contribution in [0, 0.1) is 6.92 Å². The third kappa shape index (κ3) is 2.98. The van der Waals surface area contributed by atoms with Gasteiger partial charge in [0.1, 0.15) is 11.3 Å². The molecule has 2 aromatic rings. The van der Waals surface area contributed by atoms with E-state index in [1.54, 1.807) is 0 Å². The normalized spacial score (nSPS) is 22.0. The van der Waals surface area contributed by atoms with E-state index in [0.29, 0.717) is 6.04 Å². The van der Waals surface area contributed by atoms with Crippen molar-refractivity contribution >= 4 is 11.0 Å². The summed E-state index contributed by atoms with van der Waals surface area (Å²) in [5.41, 5.74) is 8.51. The predicted molar refractivity (Wildman–Crippen MR) is 84.3 cm³/mol. The molecule has 0 saturated carbocycles. The second-order valence-corrected chi connectivity index (χ2v) is 6.21. The number of furan rings is 1. The van der Waals surface area contributed by atoms with Crippen LogP contribution in [0.15, 0.2) is 28.7 Å². The number of nitrogens with two attached hydrogens (primary N) is 1. The van der Waals surface area contributed by atoms with Gasteiger partial charge < -0.3 is 14.9 Å². The molecule has 3 rings (SSSR count). The topological polar surface area (TPSA) is 51.6 Å². The number of nitrogens with zero attached hydrogens (tertiary/aromatic N) is 1. The fourth-order valence-electron chi connectivity index (χ4n) is 2.91. The minimum atomic E-state index is -0.223. The number of morpholine rings is 1. The monoisotopic (exact) mass is 288 g/mol. The van der Waals surface area contributed by atoms with Crippen LogP contribution < -0.4 is 5.73 Å². The molecule has 1 aliphatic rings. The molecule has 114 valence electrons. The maximum atomic E-state index is 6.39. The Balaban J connectivity index is 1.81. The first-order valence-electron chi connectivity index (χ1n) is 7.66. The maximum Gasteiger partial charge on any atom is 0.134 e. The number of benzene rings is 1. The zero-order chi connectivity index (χ0) is 15.0. The van der Waals surface area contributed by atoms with Gasteiger partial charge in [-0.1, -0.05) is 11.6 Å². The van der Waals surface area contributed by atoms with E-state index in [1.165, 1.54) is 5.56 Å². The molecule has 1 fully saturated rings. The average molecular weight is 288 g/mol. The Morgan fingerprint density at radius 1 is 1.29 bits per heavy atom. The molecule has 4 nitrogen and oxygen atoms in total. The number of aryl methyl sites for hydroxylation is 1. The predicted octanol–water partition coefficient (Wildman–Crippen LogP) is 2.85. The van der Waals surface area contributed by atoms with Gasteiger partial charge in [0, 0.05) is 24.5 Å². The van der Waals surface area contributed by atoms with E-state index < -0.39 is 0 Å². The van der Waals surface area contributed by atoms with Crippen molar-refractivity contribution in [2.75, 3.05) is 19.7 Å². The molecule has 0 aliphatic carbocycles. The quantitative estimate of drug-likeness (QED) is 0.943. The number of fused-ring (bicyclic) bond motifs is 1. The van der Waals surface area contributed by atoms with E-state index in [2.05, 4.69) is 37.8 Å². The lowest BCUT2D eigenvalue weighted by atomic mass is 10.1. The Labute approximate surface area is 125 Å². The minimum absolute atomic E-state index is 0.0113. The first-order valence-corrected chi connectivity index (χ1v) is 7.66. The van der Waals surface area contributed by atoms with Gasteiger partial charge in [0.05, 0.1) is 18.8 Å². The summed E-state index contributed by atoms with van der Waals surface area (Å²) < 4.78 is 11.8. The molecular weight excluding hydrogens is 264 g/mol. The van der Waals surface area contributed by atoms with E-state index in [-0.39, 0.29) is 12.1 Å². The van der Waals surface area contributed by atoms with Gasteiger partial charge in [-0.3, -0.25) is 4.90 Å². The zero-order valence-electron chi connectivity index (χ0n) is 13.0. The van der Waals surface area contributed by atoms with Crippen molar-refractivity contribution in [3.8, 4) is 0 Å². The first-order chi connectivity index (χ1) is 10.0. The summed E-state index contributed by atoms with van der Waals surface area (Å²) in [5, 5.41) is 1.11. The Kier molecular flexibility index (Phi) is 4.02. The number of hydrogen-bond donors (Lipinski definition) is 1. The highest BCUT2D eigenvalue weighted by atomic mass is 16.5. The Morgan fingerprint density at radius 2 is 2.10 bits per heavy atom. The first kappa shape index (κ1) is 14.6. The Hall–Kier alpha value is -1.36. The largest absolute Gasteiger partial charge is 0.459 e. The van der Waals surface area contributed by atoms with Crippen molar-refractivity contribution in [1.29, 1.82) is 0 Å². The van der Waals surface area contributed by atoms with Crippen LogP contribution in [0.1, 0.15) is 31.2 Å². The number of ether oxygens (including phenoxy) is 1. The lowest BCUT2D eigenvalue weighted by molar-refractivity contribution is -0.0527. The van der Waals surface area contributed by atoms with E-state index in [1.807, 2.05) is 12.1 Å². The molecule has 2 heterocycles. The molecule has 1 aromatic heterocycles. The van der Waals surface area contributed by atoms with Crippen LogP contribution in [0.5, 0.6) is 0 Å². The third-order valence-electron chi connectivity index (χ3n) is 4.28. The Morgan fingerprint density at radius 3 is 2.86 bits per heavy atom.